The van der Waals surface area contributed by atoms with Crippen molar-refractivity contribution in [2.75, 3.05) is 20.1 Å². The first-order chi connectivity index (χ1) is 18.4. The summed E-state index contributed by atoms with van der Waals surface area (Å²) in [6, 6.07) is 19.4. The van der Waals surface area contributed by atoms with E-state index >= 15 is 0 Å². The number of hydrogen-bond donors (Lipinski definition) is 3. The van der Waals surface area contributed by atoms with Crippen LogP contribution in [0.3, 0.4) is 0 Å². The molecule has 0 amide bonds. The van der Waals surface area contributed by atoms with Crippen molar-refractivity contribution < 1.29 is 23.4 Å². The molecule has 0 radical (unpaired) electrons. The minimum atomic E-state index is -3.90. The molecular formula is C30H35ClN2O5S. The highest BCUT2D eigenvalue weighted by atomic mass is 35.5. The number of fused-ring (bicyclic) bond motifs is 1. The van der Waals surface area contributed by atoms with Gasteiger partial charge in [0, 0.05) is 25.7 Å². The number of halogens is 1. The Balaban J connectivity index is 1.36. The van der Waals surface area contributed by atoms with Crippen molar-refractivity contribution in [3.63, 3.8) is 0 Å². The average Bonchev–Trinajstić information content (AvgIpc) is 3.29. The highest BCUT2D eigenvalue weighted by Crippen LogP contribution is 2.32. The van der Waals surface area contributed by atoms with Gasteiger partial charge >= 0.3 is 5.97 Å². The summed E-state index contributed by atoms with van der Waals surface area (Å²) in [4.78, 5) is 11.5. The lowest BCUT2D eigenvalue weighted by atomic mass is 9.88. The number of rotatable bonds is 11. The van der Waals surface area contributed by atoms with Gasteiger partial charge in [0.25, 0.3) is 0 Å². The van der Waals surface area contributed by atoms with Crippen LogP contribution in [0.2, 0.25) is 5.02 Å². The van der Waals surface area contributed by atoms with Gasteiger partial charge in [-0.15, -0.1) is 0 Å². The molecule has 39 heavy (non-hydrogen) atoms. The third-order valence-corrected chi connectivity index (χ3v) is 9.44. The van der Waals surface area contributed by atoms with Gasteiger partial charge in [-0.25, -0.2) is 13.2 Å². The highest BCUT2D eigenvalue weighted by Gasteiger charge is 2.29. The second-order valence-corrected chi connectivity index (χ2v) is 13.4. The average molecular weight is 571 g/mol. The predicted octanol–water partition coefficient (Wildman–Crippen LogP) is 4.86. The molecule has 0 saturated heterocycles. The minimum absolute atomic E-state index is 0.0515. The largest absolute Gasteiger partial charge is 0.478 e. The van der Waals surface area contributed by atoms with E-state index in [2.05, 4.69) is 43.4 Å². The number of aliphatic hydroxyl groups is 1. The van der Waals surface area contributed by atoms with Crippen LogP contribution in [0.15, 0.2) is 71.6 Å². The summed E-state index contributed by atoms with van der Waals surface area (Å²) in [6.07, 6.45) is 2.15. The number of carboxylic acid groups (broad SMARTS) is 1. The van der Waals surface area contributed by atoms with Gasteiger partial charge in [-0.2, -0.15) is 4.31 Å². The molecule has 7 nitrogen and oxygen atoms in total. The van der Waals surface area contributed by atoms with E-state index in [1.807, 2.05) is 0 Å². The van der Waals surface area contributed by atoms with Crippen LogP contribution in [-0.2, 0) is 22.9 Å². The third-order valence-electron chi connectivity index (χ3n) is 7.29. The van der Waals surface area contributed by atoms with Crippen molar-refractivity contribution >= 4 is 27.6 Å². The number of benzene rings is 3. The summed E-state index contributed by atoms with van der Waals surface area (Å²) < 4.78 is 27.7. The fraction of sp³-hybridized carbons (Fsp3) is 0.367. The number of carbonyl (C=O) groups is 1. The highest BCUT2D eigenvalue weighted by molar-refractivity contribution is 7.89. The summed E-state index contributed by atoms with van der Waals surface area (Å²) in [7, 11) is -2.46. The van der Waals surface area contributed by atoms with Crippen molar-refractivity contribution in [2.24, 2.45) is 5.92 Å². The topological polar surface area (TPSA) is 107 Å². The molecule has 1 aliphatic carbocycles. The molecule has 208 valence electrons. The first-order valence-corrected chi connectivity index (χ1v) is 14.8. The first-order valence-electron chi connectivity index (χ1n) is 13.0. The smallest absolute Gasteiger partial charge is 0.337 e. The molecule has 1 aliphatic rings. The number of carboxylic acids is 1. The maximum Gasteiger partial charge on any atom is 0.337 e. The number of nitrogens with one attached hydrogen (secondary N) is 1. The molecule has 0 aliphatic heterocycles. The summed E-state index contributed by atoms with van der Waals surface area (Å²) in [5.74, 6) is -0.631. The zero-order valence-corrected chi connectivity index (χ0v) is 24.0. The normalized spacial score (nSPS) is 14.9. The van der Waals surface area contributed by atoms with E-state index < -0.39 is 22.1 Å². The lowest BCUT2D eigenvalue weighted by Crippen LogP contribution is -2.47. The van der Waals surface area contributed by atoms with E-state index in [1.165, 1.54) is 42.4 Å². The Morgan fingerprint density at radius 2 is 1.69 bits per heavy atom. The summed E-state index contributed by atoms with van der Waals surface area (Å²) >= 11 is 5.98. The zero-order chi connectivity index (χ0) is 28.4. The molecule has 0 heterocycles. The molecule has 0 fully saturated rings. The molecule has 0 saturated carbocycles. The number of likely N-dealkylation sites (N-methyl/N-ethyl adjacent to an activating group) is 1. The molecule has 0 unspecified atom stereocenters. The van der Waals surface area contributed by atoms with Crippen molar-refractivity contribution in [1.82, 2.24) is 9.62 Å². The number of β-amino-alcohol motifs (C(OH)–C–C–N with tert-alkyl or cyclic N) is 1. The fourth-order valence-corrected chi connectivity index (χ4v) is 6.78. The van der Waals surface area contributed by atoms with E-state index in [0.29, 0.717) is 17.0 Å². The molecule has 0 spiro atoms. The summed E-state index contributed by atoms with van der Waals surface area (Å²) in [6.45, 7) is 4.41. The molecule has 4 rings (SSSR count). The lowest BCUT2D eigenvalue weighted by molar-refractivity contribution is 0.0697. The number of sulfonamides is 1. The van der Waals surface area contributed by atoms with E-state index in [9.17, 15) is 23.4 Å². The van der Waals surface area contributed by atoms with Crippen molar-refractivity contribution in [3.05, 3.63) is 88.4 Å². The van der Waals surface area contributed by atoms with E-state index in [1.54, 1.807) is 18.2 Å². The van der Waals surface area contributed by atoms with Gasteiger partial charge in [-0.05, 0) is 85.5 Å². The number of hydrogen-bond acceptors (Lipinski definition) is 5. The SMILES string of the molecule is CN(C[C@H](O)CNC(C)(C)CC1Cc2ccccc2C1)S(=O)(=O)c1cccc(-c2ccc(Cl)c(C(=O)O)c2)c1. The van der Waals surface area contributed by atoms with Gasteiger partial charge in [0.1, 0.15) is 0 Å². The van der Waals surface area contributed by atoms with Crippen molar-refractivity contribution in [1.29, 1.82) is 0 Å². The van der Waals surface area contributed by atoms with Crippen LogP contribution in [-0.4, -0.2) is 60.7 Å². The minimum Gasteiger partial charge on any atom is -0.478 e. The first kappa shape index (κ1) is 29.2. The molecule has 3 aromatic carbocycles. The number of aromatic carboxylic acids is 1. The number of aliphatic hydroxyl groups excluding tert-OH is 1. The summed E-state index contributed by atoms with van der Waals surface area (Å²) in [5.41, 5.74) is 3.62. The van der Waals surface area contributed by atoms with E-state index in [4.69, 9.17) is 11.6 Å². The van der Waals surface area contributed by atoms with E-state index in [-0.39, 0.29) is 34.1 Å². The monoisotopic (exact) mass is 570 g/mol. The molecular weight excluding hydrogens is 536 g/mol. The van der Waals surface area contributed by atoms with Gasteiger partial charge in [-0.1, -0.05) is 54.1 Å². The van der Waals surface area contributed by atoms with Crippen molar-refractivity contribution in [3.8, 4) is 11.1 Å². The van der Waals surface area contributed by atoms with Crippen molar-refractivity contribution in [2.45, 2.75) is 49.6 Å². The lowest BCUT2D eigenvalue weighted by Gasteiger charge is -2.31. The molecule has 9 heteroatoms. The number of nitrogens with zero attached hydrogens (tertiary/aromatic N) is 1. The maximum absolute atomic E-state index is 13.3. The Morgan fingerprint density at radius 1 is 1.05 bits per heavy atom. The Kier molecular flexibility index (Phi) is 8.83. The third kappa shape index (κ3) is 7.07. The van der Waals surface area contributed by atoms with Crippen LogP contribution >= 0.6 is 11.6 Å². The van der Waals surface area contributed by atoms with Gasteiger partial charge in [0.15, 0.2) is 0 Å². The maximum atomic E-state index is 13.3. The second kappa shape index (κ2) is 11.8. The quantitative estimate of drug-likeness (QED) is 0.304. The molecule has 0 aromatic heterocycles. The molecule has 1 atom stereocenters. The van der Waals surface area contributed by atoms with Crippen LogP contribution in [0, 0.1) is 5.92 Å². The summed E-state index contributed by atoms with van der Waals surface area (Å²) in [5, 5.41) is 23.6. The van der Waals surface area contributed by atoms with Crippen LogP contribution in [0.5, 0.6) is 0 Å². The second-order valence-electron chi connectivity index (χ2n) is 11.0. The Labute approximate surface area is 235 Å². The molecule has 0 bridgehead atoms. The van der Waals surface area contributed by atoms with Gasteiger partial charge < -0.3 is 15.5 Å². The fourth-order valence-electron chi connectivity index (χ4n) is 5.33. The predicted molar refractivity (Wildman–Crippen MR) is 154 cm³/mol. The Hall–Kier alpha value is -2.75. The van der Waals surface area contributed by atoms with Crippen LogP contribution in [0.25, 0.3) is 11.1 Å². The van der Waals surface area contributed by atoms with E-state index in [0.717, 1.165) is 23.6 Å². The standard InChI is InChI=1S/C30H35ClN2O5S/c1-30(2,17-20-13-21-7-4-5-8-22(21)14-20)32-18-25(34)19-33(3)39(37,38)26-10-6-9-23(15-26)24-11-12-28(31)27(16-24)29(35)36/h4-12,15-16,20,25,32,34H,13-14,17-19H2,1-3H3,(H,35,36)/t25-/m1/s1. The van der Waals surface area contributed by atoms with Crippen LogP contribution in [0.1, 0.15) is 41.8 Å². The van der Waals surface area contributed by atoms with Crippen LogP contribution in [0.4, 0.5) is 0 Å². The zero-order valence-electron chi connectivity index (χ0n) is 22.4. The van der Waals surface area contributed by atoms with Gasteiger partial charge in [0.05, 0.1) is 21.6 Å². The van der Waals surface area contributed by atoms with Gasteiger partial charge in [0.2, 0.25) is 10.0 Å². The van der Waals surface area contributed by atoms with Crippen LogP contribution < -0.4 is 5.32 Å². The Bertz CT molecular complexity index is 1430. The molecule has 3 aromatic rings. The van der Waals surface area contributed by atoms with Gasteiger partial charge in [-0.3, -0.25) is 0 Å². The molecule has 3 N–H and O–H groups in total. The Morgan fingerprint density at radius 3 is 2.33 bits per heavy atom.